The van der Waals surface area contributed by atoms with Crippen molar-refractivity contribution in [1.82, 2.24) is 5.32 Å². The van der Waals surface area contributed by atoms with E-state index < -0.39 is 0 Å². The average molecular weight is 253 g/mol. The maximum atomic E-state index is 5.97. The highest BCUT2D eigenvalue weighted by Crippen LogP contribution is 2.24. The van der Waals surface area contributed by atoms with E-state index in [4.69, 9.17) is 11.6 Å². The molecule has 0 radical (unpaired) electrons. The summed E-state index contributed by atoms with van der Waals surface area (Å²) in [5.74, 6) is 0.770. The van der Waals surface area contributed by atoms with E-state index >= 15 is 0 Å². The van der Waals surface area contributed by atoms with E-state index in [9.17, 15) is 0 Å². The van der Waals surface area contributed by atoms with Crippen LogP contribution in [0.4, 0.5) is 5.69 Å². The molecule has 0 aliphatic carbocycles. The summed E-state index contributed by atoms with van der Waals surface area (Å²) in [5.41, 5.74) is 2.43. The highest BCUT2D eigenvalue weighted by Gasteiger charge is 2.19. The number of rotatable bonds is 3. The summed E-state index contributed by atoms with van der Waals surface area (Å²) >= 11 is 5.97. The van der Waals surface area contributed by atoms with E-state index in [0.717, 1.165) is 24.0 Å². The monoisotopic (exact) mass is 252 g/mol. The van der Waals surface area contributed by atoms with E-state index in [-0.39, 0.29) is 0 Å². The van der Waals surface area contributed by atoms with Crippen molar-refractivity contribution in [1.29, 1.82) is 0 Å². The normalized spacial score (nSPS) is 19.0. The molecule has 0 aromatic heterocycles. The molecule has 0 bridgehead atoms. The summed E-state index contributed by atoms with van der Waals surface area (Å²) < 4.78 is 0. The molecule has 1 aromatic carbocycles. The quantitative estimate of drug-likeness (QED) is 0.861. The smallest absolute Gasteiger partial charge is 0.0410 e. The molecule has 1 aliphatic heterocycles. The molecule has 2 rings (SSSR count). The van der Waals surface area contributed by atoms with Crippen molar-refractivity contribution in [3.8, 4) is 0 Å². The first kappa shape index (κ1) is 12.7. The van der Waals surface area contributed by atoms with Gasteiger partial charge in [0, 0.05) is 16.8 Å². The van der Waals surface area contributed by atoms with Crippen LogP contribution >= 0.6 is 11.6 Å². The Morgan fingerprint density at radius 2 is 2.06 bits per heavy atom. The van der Waals surface area contributed by atoms with Crippen molar-refractivity contribution in [2.24, 2.45) is 5.92 Å². The predicted octanol–water partition coefficient (Wildman–Crippen LogP) is 3.45. The van der Waals surface area contributed by atoms with Crippen LogP contribution in [0.15, 0.2) is 18.2 Å². The van der Waals surface area contributed by atoms with Gasteiger partial charge in [-0.1, -0.05) is 11.6 Å². The lowest BCUT2D eigenvalue weighted by Gasteiger charge is -2.30. The second-order valence-corrected chi connectivity index (χ2v) is 5.42. The van der Waals surface area contributed by atoms with Crippen molar-refractivity contribution < 1.29 is 0 Å². The van der Waals surface area contributed by atoms with E-state index in [1.54, 1.807) is 0 Å². The van der Waals surface area contributed by atoms with Crippen molar-refractivity contribution in [3.05, 3.63) is 28.8 Å². The molecule has 1 atom stereocenters. The van der Waals surface area contributed by atoms with Gasteiger partial charge in [-0.2, -0.15) is 0 Å². The minimum atomic E-state index is 0.525. The number of nitrogens with one attached hydrogen (secondary N) is 2. The van der Waals surface area contributed by atoms with Gasteiger partial charge in [0.2, 0.25) is 0 Å². The number of anilines is 1. The fourth-order valence-corrected chi connectivity index (χ4v) is 2.72. The Labute approximate surface area is 109 Å². The van der Waals surface area contributed by atoms with Crippen LogP contribution < -0.4 is 10.6 Å². The molecule has 94 valence electrons. The number of aryl methyl sites for hydroxylation is 1. The third kappa shape index (κ3) is 3.36. The van der Waals surface area contributed by atoms with Crippen LogP contribution in [0.25, 0.3) is 0 Å². The van der Waals surface area contributed by atoms with Crippen LogP contribution in [0.1, 0.15) is 25.3 Å². The van der Waals surface area contributed by atoms with Gasteiger partial charge in [-0.05, 0) is 69.5 Å². The van der Waals surface area contributed by atoms with E-state index in [2.05, 4.69) is 30.5 Å². The third-order valence-corrected chi connectivity index (χ3v) is 3.90. The highest BCUT2D eigenvalue weighted by molar-refractivity contribution is 6.30. The number of hydrogen-bond acceptors (Lipinski definition) is 2. The summed E-state index contributed by atoms with van der Waals surface area (Å²) in [6, 6.07) is 6.57. The average Bonchev–Trinajstić information content (AvgIpc) is 2.34. The Hall–Kier alpha value is -0.730. The number of piperidine rings is 1. The zero-order chi connectivity index (χ0) is 12.3. The van der Waals surface area contributed by atoms with Crippen molar-refractivity contribution in [2.75, 3.05) is 18.4 Å². The van der Waals surface area contributed by atoms with Gasteiger partial charge in [0.05, 0.1) is 0 Å². The summed E-state index contributed by atoms with van der Waals surface area (Å²) in [6.07, 6.45) is 2.53. The van der Waals surface area contributed by atoms with Crippen LogP contribution in [0.2, 0.25) is 5.02 Å². The second kappa shape index (κ2) is 5.74. The van der Waals surface area contributed by atoms with Gasteiger partial charge in [-0.3, -0.25) is 0 Å². The van der Waals surface area contributed by atoms with Gasteiger partial charge in [-0.25, -0.2) is 0 Å². The Bertz CT molecular complexity index is 372. The van der Waals surface area contributed by atoms with Gasteiger partial charge in [-0.15, -0.1) is 0 Å². The molecule has 17 heavy (non-hydrogen) atoms. The predicted molar refractivity (Wildman–Crippen MR) is 74.9 cm³/mol. The van der Waals surface area contributed by atoms with Crippen molar-refractivity contribution in [3.63, 3.8) is 0 Å². The molecule has 1 fully saturated rings. The lowest BCUT2D eigenvalue weighted by molar-refractivity contribution is 0.343. The van der Waals surface area contributed by atoms with Gasteiger partial charge >= 0.3 is 0 Å². The zero-order valence-electron chi connectivity index (χ0n) is 10.6. The SMILES string of the molecule is Cc1cc(Cl)ccc1NC(C)C1CCNCC1. The first-order chi connectivity index (χ1) is 8.16. The molecule has 1 heterocycles. The van der Waals surface area contributed by atoms with E-state index in [1.807, 2.05) is 12.1 Å². The van der Waals surface area contributed by atoms with E-state index in [0.29, 0.717) is 6.04 Å². The molecule has 0 amide bonds. The topological polar surface area (TPSA) is 24.1 Å². The molecule has 0 spiro atoms. The lowest BCUT2D eigenvalue weighted by atomic mass is 9.91. The third-order valence-electron chi connectivity index (χ3n) is 3.66. The van der Waals surface area contributed by atoms with Gasteiger partial charge < -0.3 is 10.6 Å². The second-order valence-electron chi connectivity index (χ2n) is 4.98. The van der Waals surface area contributed by atoms with Gasteiger partial charge in [0.25, 0.3) is 0 Å². The summed E-state index contributed by atoms with van der Waals surface area (Å²) in [5, 5.41) is 7.84. The Kier molecular flexibility index (Phi) is 4.30. The molecule has 1 aromatic rings. The van der Waals surface area contributed by atoms with Crippen LogP contribution in [0.3, 0.4) is 0 Å². The molecule has 0 saturated carbocycles. The molecule has 2 nitrogen and oxygen atoms in total. The molecule has 2 N–H and O–H groups in total. The summed E-state index contributed by atoms with van der Waals surface area (Å²) in [7, 11) is 0. The van der Waals surface area contributed by atoms with Crippen LogP contribution in [-0.4, -0.2) is 19.1 Å². The Morgan fingerprint density at radius 3 is 2.71 bits per heavy atom. The first-order valence-electron chi connectivity index (χ1n) is 6.40. The fourth-order valence-electron chi connectivity index (χ4n) is 2.50. The maximum absolute atomic E-state index is 5.97. The first-order valence-corrected chi connectivity index (χ1v) is 6.78. The van der Waals surface area contributed by atoms with Crippen molar-refractivity contribution in [2.45, 2.75) is 32.7 Å². The minimum absolute atomic E-state index is 0.525. The highest BCUT2D eigenvalue weighted by atomic mass is 35.5. The van der Waals surface area contributed by atoms with Crippen LogP contribution in [-0.2, 0) is 0 Å². The number of halogens is 1. The van der Waals surface area contributed by atoms with Gasteiger partial charge in [0.1, 0.15) is 0 Å². The van der Waals surface area contributed by atoms with Gasteiger partial charge in [0.15, 0.2) is 0 Å². The number of benzene rings is 1. The summed E-state index contributed by atoms with van der Waals surface area (Å²) in [6.45, 7) is 6.68. The molecule has 1 aliphatic rings. The number of hydrogen-bond donors (Lipinski definition) is 2. The molecule has 1 unspecified atom stereocenters. The fraction of sp³-hybridized carbons (Fsp3) is 0.571. The maximum Gasteiger partial charge on any atom is 0.0410 e. The Morgan fingerprint density at radius 1 is 1.35 bits per heavy atom. The van der Waals surface area contributed by atoms with Crippen molar-refractivity contribution >= 4 is 17.3 Å². The minimum Gasteiger partial charge on any atom is -0.382 e. The van der Waals surface area contributed by atoms with Crippen LogP contribution in [0, 0.1) is 12.8 Å². The molecule has 3 heteroatoms. The molecular weight excluding hydrogens is 232 g/mol. The lowest BCUT2D eigenvalue weighted by Crippen LogP contribution is -2.36. The summed E-state index contributed by atoms with van der Waals surface area (Å²) in [4.78, 5) is 0. The molecule has 1 saturated heterocycles. The molecular formula is C14H21ClN2. The Balaban J connectivity index is 1.99. The largest absolute Gasteiger partial charge is 0.382 e. The zero-order valence-corrected chi connectivity index (χ0v) is 11.3. The van der Waals surface area contributed by atoms with Crippen LogP contribution in [0.5, 0.6) is 0 Å². The standard InChI is InChI=1S/C14H21ClN2/c1-10-9-13(15)3-4-14(10)17-11(2)12-5-7-16-8-6-12/h3-4,9,11-12,16-17H,5-8H2,1-2H3. The van der Waals surface area contributed by atoms with E-state index in [1.165, 1.54) is 24.1 Å².